The average Bonchev–Trinajstić information content (AvgIpc) is 2.84. The Hall–Kier alpha value is -2.46. The number of carbonyl (C=O) groups excluding carboxylic acids is 1. The highest BCUT2D eigenvalue weighted by molar-refractivity contribution is 6.29. The van der Waals surface area contributed by atoms with Gasteiger partial charge in [0.2, 0.25) is 5.90 Å². The van der Waals surface area contributed by atoms with Crippen LogP contribution in [0.4, 0.5) is 0 Å². The predicted molar refractivity (Wildman–Crippen MR) is 76.3 cm³/mol. The predicted octanol–water partition coefficient (Wildman–Crippen LogP) is 3.08. The van der Waals surface area contributed by atoms with E-state index >= 15 is 0 Å². The first-order valence-electron chi connectivity index (χ1n) is 5.92. The van der Waals surface area contributed by atoms with Crippen molar-refractivity contribution in [3.63, 3.8) is 0 Å². The molecule has 2 heterocycles. The molecule has 1 aliphatic rings. The lowest BCUT2D eigenvalue weighted by Crippen LogP contribution is -2.04. The van der Waals surface area contributed by atoms with E-state index in [4.69, 9.17) is 16.3 Å². The number of hydrogen-bond donors (Lipinski definition) is 0. The smallest absolute Gasteiger partial charge is 0.363 e. The molecule has 0 saturated heterocycles. The number of nitrogens with zero attached hydrogens (tertiary/aromatic N) is 2. The van der Waals surface area contributed by atoms with Gasteiger partial charge < -0.3 is 4.74 Å². The van der Waals surface area contributed by atoms with E-state index in [1.54, 1.807) is 24.4 Å². The number of benzene rings is 1. The van der Waals surface area contributed by atoms with Gasteiger partial charge >= 0.3 is 5.97 Å². The van der Waals surface area contributed by atoms with Crippen molar-refractivity contribution < 1.29 is 9.53 Å². The molecule has 0 radical (unpaired) electrons. The van der Waals surface area contributed by atoms with Gasteiger partial charge in [-0.05, 0) is 29.8 Å². The quantitative estimate of drug-likeness (QED) is 0.484. The zero-order valence-corrected chi connectivity index (χ0v) is 11.0. The van der Waals surface area contributed by atoms with Crippen LogP contribution >= 0.6 is 11.6 Å². The lowest BCUT2D eigenvalue weighted by Gasteiger charge is -1.97. The highest BCUT2D eigenvalue weighted by atomic mass is 35.5. The molecule has 1 aromatic carbocycles. The Morgan fingerprint density at radius 2 is 1.90 bits per heavy atom. The molecule has 0 aliphatic carbocycles. The van der Waals surface area contributed by atoms with Gasteiger partial charge in [0.25, 0.3) is 0 Å². The summed E-state index contributed by atoms with van der Waals surface area (Å²) in [7, 11) is 0. The van der Waals surface area contributed by atoms with Crippen LogP contribution in [0.2, 0.25) is 5.15 Å². The molecule has 0 spiro atoms. The number of aromatic nitrogens is 1. The minimum absolute atomic E-state index is 0.243. The van der Waals surface area contributed by atoms with E-state index in [9.17, 15) is 4.79 Å². The summed E-state index contributed by atoms with van der Waals surface area (Å²) in [6.07, 6.45) is 3.18. The monoisotopic (exact) mass is 284 g/mol. The lowest BCUT2D eigenvalue weighted by atomic mass is 10.2. The van der Waals surface area contributed by atoms with E-state index in [0.717, 1.165) is 11.1 Å². The molecular weight excluding hydrogens is 276 g/mol. The molecule has 0 bridgehead atoms. The van der Waals surface area contributed by atoms with Crippen molar-refractivity contribution in [2.24, 2.45) is 4.99 Å². The molecule has 0 fully saturated rings. The van der Waals surface area contributed by atoms with Crippen LogP contribution < -0.4 is 0 Å². The van der Waals surface area contributed by atoms with Crippen LogP contribution in [0.1, 0.15) is 11.1 Å². The number of rotatable bonds is 2. The second-order valence-electron chi connectivity index (χ2n) is 4.12. The first kappa shape index (κ1) is 12.6. The third-order valence-electron chi connectivity index (χ3n) is 2.69. The Bertz CT molecular complexity index is 706. The second kappa shape index (κ2) is 5.27. The van der Waals surface area contributed by atoms with Gasteiger partial charge in [-0.25, -0.2) is 14.8 Å². The third kappa shape index (κ3) is 2.60. The fourth-order valence-corrected chi connectivity index (χ4v) is 1.86. The molecule has 1 aromatic heterocycles. The van der Waals surface area contributed by atoms with E-state index in [1.807, 2.05) is 30.3 Å². The Labute approximate surface area is 120 Å². The van der Waals surface area contributed by atoms with Crippen molar-refractivity contribution in [3.8, 4) is 0 Å². The molecule has 0 amide bonds. The SMILES string of the molecule is O=C1OC(c2ccccc2)=N/C1=C\c1ccc(Cl)nc1. The van der Waals surface area contributed by atoms with Gasteiger partial charge in [0.15, 0.2) is 5.70 Å². The maximum Gasteiger partial charge on any atom is 0.363 e. The van der Waals surface area contributed by atoms with Crippen LogP contribution in [0.25, 0.3) is 6.08 Å². The zero-order chi connectivity index (χ0) is 13.9. The summed E-state index contributed by atoms with van der Waals surface area (Å²) in [5.74, 6) is -0.164. The number of cyclic esters (lactones) is 1. The number of aliphatic imine (C=N–C) groups is 1. The molecule has 20 heavy (non-hydrogen) atoms. The van der Waals surface area contributed by atoms with Gasteiger partial charge in [-0.3, -0.25) is 0 Å². The van der Waals surface area contributed by atoms with Gasteiger partial charge in [-0.1, -0.05) is 35.9 Å². The number of pyridine rings is 1. The fourth-order valence-electron chi connectivity index (χ4n) is 1.74. The summed E-state index contributed by atoms with van der Waals surface area (Å²) in [6, 6.07) is 12.7. The van der Waals surface area contributed by atoms with Gasteiger partial charge in [0.1, 0.15) is 5.15 Å². The molecule has 0 atom stereocenters. The zero-order valence-electron chi connectivity index (χ0n) is 10.3. The summed E-state index contributed by atoms with van der Waals surface area (Å²) < 4.78 is 5.15. The normalized spacial score (nSPS) is 16.1. The van der Waals surface area contributed by atoms with Crippen LogP contribution in [0.15, 0.2) is 59.4 Å². The largest absolute Gasteiger partial charge is 0.402 e. The molecule has 1 aliphatic heterocycles. The second-order valence-corrected chi connectivity index (χ2v) is 4.50. The van der Waals surface area contributed by atoms with Crippen LogP contribution in [-0.4, -0.2) is 16.9 Å². The Balaban J connectivity index is 1.92. The third-order valence-corrected chi connectivity index (χ3v) is 2.92. The summed E-state index contributed by atoms with van der Waals surface area (Å²) in [5, 5.41) is 0.398. The maximum atomic E-state index is 11.8. The number of hydrogen-bond acceptors (Lipinski definition) is 4. The summed E-state index contributed by atoms with van der Waals surface area (Å²) in [6.45, 7) is 0. The van der Waals surface area contributed by atoms with E-state index in [0.29, 0.717) is 11.1 Å². The molecule has 4 nitrogen and oxygen atoms in total. The topological polar surface area (TPSA) is 51.5 Å². The Morgan fingerprint density at radius 3 is 2.60 bits per heavy atom. The highest BCUT2D eigenvalue weighted by Gasteiger charge is 2.23. The van der Waals surface area contributed by atoms with Crippen molar-refractivity contribution in [3.05, 3.63) is 70.6 Å². The number of ether oxygens (including phenoxy) is 1. The van der Waals surface area contributed by atoms with Crippen molar-refractivity contribution >= 4 is 29.5 Å². The van der Waals surface area contributed by atoms with Crippen molar-refractivity contribution in [1.29, 1.82) is 0 Å². The Morgan fingerprint density at radius 1 is 1.10 bits per heavy atom. The molecule has 0 saturated carbocycles. The van der Waals surface area contributed by atoms with Crippen LogP contribution in [-0.2, 0) is 9.53 Å². The van der Waals surface area contributed by atoms with Gasteiger partial charge in [0, 0.05) is 11.8 Å². The summed E-state index contributed by atoms with van der Waals surface area (Å²) in [4.78, 5) is 19.9. The standard InChI is InChI=1S/C15H9ClN2O2/c16-13-7-6-10(9-17-13)8-12-15(19)20-14(18-12)11-4-2-1-3-5-11/h1-9H/b12-8-. The van der Waals surface area contributed by atoms with E-state index in [-0.39, 0.29) is 5.70 Å². The van der Waals surface area contributed by atoms with Crippen LogP contribution in [0, 0.1) is 0 Å². The van der Waals surface area contributed by atoms with Gasteiger partial charge in [-0.2, -0.15) is 0 Å². The van der Waals surface area contributed by atoms with E-state index in [1.165, 1.54) is 0 Å². The van der Waals surface area contributed by atoms with Crippen molar-refractivity contribution in [2.75, 3.05) is 0 Å². The number of esters is 1. The number of carbonyl (C=O) groups is 1. The highest BCUT2D eigenvalue weighted by Crippen LogP contribution is 2.19. The van der Waals surface area contributed by atoms with Crippen molar-refractivity contribution in [1.82, 2.24) is 4.98 Å². The fraction of sp³-hybridized carbons (Fsp3) is 0. The molecule has 0 N–H and O–H groups in total. The van der Waals surface area contributed by atoms with Crippen LogP contribution in [0.5, 0.6) is 0 Å². The lowest BCUT2D eigenvalue weighted by molar-refractivity contribution is -0.129. The number of halogens is 1. The molecular formula is C15H9ClN2O2. The first-order chi connectivity index (χ1) is 9.72. The minimum atomic E-state index is -0.473. The molecule has 98 valence electrons. The molecule has 3 rings (SSSR count). The van der Waals surface area contributed by atoms with Gasteiger partial charge in [-0.15, -0.1) is 0 Å². The summed E-state index contributed by atoms with van der Waals surface area (Å²) >= 11 is 5.71. The molecule has 5 heteroatoms. The molecule has 0 unspecified atom stereocenters. The molecule has 2 aromatic rings. The van der Waals surface area contributed by atoms with Crippen LogP contribution in [0.3, 0.4) is 0 Å². The van der Waals surface area contributed by atoms with Gasteiger partial charge in [0.05, 0.1) is 0 Å². The van der Waals surface area contributed by atoms with E-state index in [2.05, 4.69) is 9.98 Å². The maximum absolute atomic E-state index is 11.8. The first-order valence-corrected chi connectivity index (χ1v) is 6.30. The van der Waals surface area contributed by atoms with E-state index < -0.39 is 5.97 Å². The summed E-state index contributed by atoms with van der Waals surface area (Å²) in [5.41, 5.74) is 1.74. The average molecular weight is 285 g/mol. The minimum Gasteiger partial charge on any atom is -0.402 e. The Kier molecular flexibility index (Phi) is 3.31. The van der Waals surface area contributed by atoms with Crippen molar-refractivity contribution in [2.45, 2.75) is 0 Å².